The van der Waals surface area contributed by atoms with Crippen LogP contribution in [-0.4, -0.2) is 55.7 Å². The number of hydrogen-bond donors (Lipinski definition) is 0. The lowest BCUT2D eigenvalue weighted by atomic mass is 10.1. The minimum atomic E-state index is -0.705. The molecule has 0 radical (unpaired) electrons. The second kappa shape index (κ2) is 11.7. The third-order valence-electron chi connectivity index (χ3n) is 5.60. The normalized spacial score (nSPS) is 10.5. The summed E-state index contributed by atoms with van der Waals surface area (Å²) in [5, 5.41) is 0.580. The minimum Gasteiger partial charge on any atom is -0.482 e. The van der Waals surface area contributed by atoms with Gasteiger partial charge in [-0.15, -0.1) is 0 Å². The van der Waals surface area contributed by atoms with Gasteiger partial charge in [0, 0.05) is 27.7 Å². The summed E-state index contributed by atoms with van der Waals surface area (Å²) in [6.07, 6.45) is 0. The van der Waals surface area contributed by atoms with E-state index in [1.165, 1.54) is 20.3 Å². The molecule has 0 atom stereocenters. The van der Waals surface area contributed by atoms with Crippen LogP contribution >= 0.6 is 11.6 Å². The Labute approximate surface area is 218 Å². The first-order valence-electron chi connectivity index (χ1n) is 11.1. The monoisotopic (exact) mass is 527 g/mol. The molecule has 0 N–H and O–H groups in total. The fraction of sp³-hybridized carbons (Fsp3) is 0.259. The van der Waals surface area contributed by atoms with Gasteiger partial charge in [0.15, 0.2) is 13.2 Å². The molecule has 0 fully saturated rings. The third kappa shape index (κ3) is 6.37. The predicted molar refractivity (Wildman–Crippen MR) is 135 cm³/mol. The van der Waals surface area contributed by atoms with Gasteiger partial charge in [-0.3, -0.25) is 4.79 Å². The Kier molecular flexibility index (Phi) is 8.73. The average molecular weight is 528 g/mol. The Morgan fingerprint density at radius 3 is 2.03 bits per heavy atom. The van der Waals surface area contributed by atoms with Crippen molar-refractivity contribution < 1.29 is 38.1 Å². The van der Waals surface area contributed by atoms with Crippen molar-refractivity contribution in [2.45, 2.75) is 20.8 Å². The van der Waals surface area contributed by atoms with Crippen LogP contribution in [0.5, 0.6) is 5.75 Å². The number of aryl methyl sites for hydroxylation is 2. The maximum absolute atomic E-state index is 12.9. The van der Waals surface area contributed by atoms with Gasteiger partial charge in [0.2, 0.25) is 5.78 Å². The maximum atomic E-state index is 12.9. The molecular formula is C27H26ClNO8. The van der Waals surface area contributed by atoms with Gasteiger partial charge >= 0.3 is 17.9 Å². The van der Waals surface area contributed by atoms with Gasteiger partial charge in [0.05, 0.1) is 25.3 Å². The molecule has 0 spiro atoms. The smallest absolute Gasteiger partial charge is 0.344 e. The van der Waals surface area contributed by atoms with Crippen LogP contribution in [0.3, 0.4) is 0 Å². The molecule has 0 saturated heterocycles. The second-order valence-corrected chi connectivity index (χ2v) is 8.56. The summed E-state index contributed by atoms with van der Waals surface area (Å²) in [5.41, 5.74) is 3.06. The number of ether oxygens (including phenoxy) is 4. The fourth-order valence-corrected chi connectivity index (χ4v) is 3.89. The third-order valence-corrected chi connectivity index (χ3v) is 6.02. The molecule has 3 aromatic rings. The van der Waals surface area contributed by atoms with Gasteiger partial charge in [0.1, 0.15) is 5.75 Å². The Morgan fingerprint density at radius 2 is 1.46 bits per heavy atom. The molecule has 0 bridgehead atoms. The van der Waals surface area contributed by atoms with E-state index in [9.17, 15) is 19.2 Å². The number of carbonyl (C=O) groups is 4. The van der Waals surface area contributed by atoms with Crippen molar-refractivity contribution in [3.05, 3.63) is 81.1 Å². The quantitative estimate of drug-likeness (QED) is 0.228. The highest BCUT2D eigenvalue weighted by molar-refractivity contribution is 6.31. The molecule has 0 saturated carbocycles. The van der Waals surface area contributed by atoms with Crippen LogP contribution in [0.2, 0.25) is 5.02 Å². The van der Waals surface area contributed by atoms with Crippen LogP contribution < -0.4 is 4.74 Å². The number of Topliss-reactive ketones (excluding diaryl/α,β-unsaturated/α-hetero) is 1. The lowest BCUT2D eigenvalue weighted by molar-refractivity contribution is -0.144. The lowest BCUT2D eigenvalue weighted by Crippen LogP contribution is -2.20. The first kappa shape index (κ1) is 27.5. The summed E-state index contributed by atoms with van der Waals surface area (Å²) < 4.78 is 21.8. The van der Waals surface area contributed by atoms with Crippen molar-refractivity contribution in [1.29, 1.82) is 0 Å². The Morgan fingerprint density at radius 1 is 0.838 bits per heavy atom. The van der Waals surface area contributed by atoms with E-state index in [-0.39, 0.29) is 17.7 Å². The average Bonchev–Trinajstić information content (AvgIpc) is 3.20. The molecule has 10 heteroatoms. The van der Waals surface area contributed by atoms with Gasteiger partial charge in [-0.25, -0.2) is 14.4 Å². The van der Waals surface area contributed by atoms with E-state index in [1.807, 2.05) is 6.92 Å². The van der Waals surface area contributed by atoms with E-state index in [0.29, 0.717) is 33.4 Å². The standard InChI is InChI=1S/C27H26ClNO8/c1-15-8-21(6-7-23(15)28)36-14-25(31)37-13-24(30)22-9-16(2)29(17(22)3)20-11-18(26(32)34-4)10-19(12-20)27(33)35-5/h6-12H,13-14H2,1-5H3. The van der Waals surface area contributed by atoms with Crippen LogP contribution in [0.1, 0.15) is 48.0 Å². The van der Waals surface area contributed by atoms with Gasteiger partial charge < -0.3 is 23.5 Å². The van der Waals surface area contributed by atoms with Gasteiger partial charge in [0.25, 0.3) is 0 Å². The first-order valence-corrected chi connectivity index (χ1v) is 11.5. The molecule has 1 aromatic heterocycles. The molecular weight excluding hydrogens is 502 g/mol. The van der Waals surface area contributed by atoms with E-state index < -0.39 is 30.3 Å². The number of esters is 3. The highest BCUT2D eigenvalue weighted by Gasteiger charge is 2.21. The topological polar surface area (TPSA) is 110 Å². The highest BCUT2D eigenvalue weighted by atomic mass is 35.5. The van der Waals surface area contributed by atoms with Crippen LogP contribution in [0, 0.1) is 20.8 Å². The number of halogens is 1. The van der Waals surface area contributed by atoms with E-state index in [0.717, 1.165) is 5.56 Å². The zero-order valence-electron chi connectivity index (χ0n) is 21.0. The number of nitrogens with zero attached hydrogens (tertiary/aromatic N) is 1. The number of aromatic nitrogens is 1. The zero-order chi connectivity index (χ0) is 27.3. The van der Waals surface area contributed by atoms with Crippen molar-refractivity contribution in [1.82, 2.24) is 4.57 Å². The van der Waals surface area contributed by atoms with Gasteiger partial charge in [-0.1, -0.05) is 11.6 Å². The molecule has 0 aliphatic rings. The summed E-state index contributed by atoms with van der Waals surface area (Å²) >= 11 is 5.98. The summed E-state index contributed by atoms with van der Waals surface area (Å²) in [7, 11) is 2.47. The van der Waals surface area contributed by atoms with Crippen molar-refractivity contribution >= 4 is 35.3 Å². The first-order chi connectivity index (χ1) is 17.5. The summed E-state index contributed by atoms with van der Waals surface area (Å²) in [6, 6.07) is 11.1. The largest absolute Gasteiger partial charge is 0.482 e. The van der Waals surface area contributed by atoms with Gasteiger partial charge in [-0.05, 0) is 68.8 Å². The molecule has 194 valence electrons. The summed E-state index contributed by atoms with van der Waals surface area (Å²) in [5.74, 6) is -1.94. The Bertz CT molecular complexity index is 1340. The molecule has 37 heavy (non-hydrogen) atoms. The molecule has 0 unspecified atom stereocenters. The highest BCUT2D eigenvalue weighted by Crippen LogP contribution is 2.25. The number of hydrogen-bond acceptors (Lipinski definition) is 8. The predicted octanol–water partition coefficient (Wildman–Crippen LogP) is 4.43. The fourth-order valence-electron chi connectivity index (χ4n) is 3.77. The van der Waals surface area contributed by atoms with E-state index in [1.54, 1.807) is 54.8 Å². The number of benzene rings is 2. The second-order valence-electron chi connectivity index (χ2n) is 8.16. The van der Waals surface area contributed by atoms with Crippen molar-refractivity contribution in [2.24, 2.45) is 0 Å². The Balaban J connectivity index is 1.76. The number of ketones is 1. The van der Waals surface area contributed by atoms with Gasteiger partial charge in [-0.2, -0.15) is 0 Å². The van der Waals surface area contributed by atoms with Crippen LogP contribution in [-0.2, 0) is 19.0 Å². The lowest BCUT2D eigenvalue weighted by Gasteiger charge is -2.13. The molecule has 3 rings (SSSR count). The van der Waals surface area contributed by atoms with Crippen LogP contribution in [0.15, 0.2) is 42.5 Å². The van der Waals surface area contributed by atoms with Crippen LogP contribution in [0.4, 0.5) is 0 Å². The Hall–Kier alpha value is -4.11. The van der Waals surface area contributed by atoms with E-state index >= 15 is 0 Å². The van der Waals surface area contributed by atoms with Crippen molar-refractivity contribution in [3.63, 3.8) is 0 Å². The van der Waals surface area contributed by atoms with Crippen molar-refractivity contribution in [2.75, 3.05) is 27.4 Å². The summed E-state index contributed by atoms with van der Waals surface area (Å²) in [4.78, 5) is 49.3. The zero-order valence-corrected chi connectivity index (χ0v) is 21.8. The SMILES string of the molecule is COC(=O)c1cc(C(=O)OC)cc(-n2c(C)cc(C(=O)COC(=O)COc3ccc(Cl)c(C)c3)c2C)c1. The van der Waals surface area contributed by atoms with E-state index in [4.69, 9.17) is 30.5 Å². The number of methoxy groups -OCH3 is 2. The molecule has 2 aromatic carbocycles. The van der Waals surface area contributed by atoms with E-state index in [2.05, 4.69) is 0 Å². The maximum Gasteiger partial charge on any atom is 0.344 e. The minimum absolute atomic E-state index is 0.144. The molecule has 1 heterocycles. The van der Waals surface area contributed by atoms with Crippen molar-refractivity contribution in [3.8, 4) is 11.4 Å². The number of rotatable bonds is 9. The molecule has 9 nitrogen and oxygen atoms in total. The molecule has 0 amide bonds. The van der Waals surface area contributed by atoms with Crippen LogP contribution in [0.25, 0.3) is 5.69 Å². The molecule has 0 aliphatic carbocycles. The number of carbonyl (C=O) groups excluding carboxylic acids is 4. The molecule has 0 aliphatic heterocycles. The summed E-state index contributed by atoms with van der Waals surface area (Å²) in [6.45, 7) is 4.42.